The molecule has 0 bridgehead atoms. The molecule has 8 heteroatoms. The van der Waals surface area contributed by atoms with Crippen molar-refractivity contribution < 1.29 is 9.72 Å². The van der Waals surface area contributed by atoms with E-state index in [0.29, 0.717) is 12.1 Å². The largest absolute Gasteiger partial charge is 0.345 e. The molecule has 0 saturated heterocycles. The number of carbonyl (C=O) groups excluding carboxylic acids is 1. The first kappa shape index (κ1) is 16.4. The third kappa shape index (κ3) is 4.05. The number of rotatable bonds is 6. The molecule has 0 aliphatic rings. The highest BCUT2D eigenvalue weighted by Gasteiger charge is 2.17. The number of nitrogens with zero attached hydrogens (tertiary/aromatic N) is 2. The number of hydrogen-bond donors (Lipinski definition) is 1. The van der Waals surface area contributed by atoms with Gasteiger partial charge in [-0.05, 0) is 18.7 Å². The zero-order chi connectivity index (χ0) is 16.1. The van der Waals surface area contributed by atoms with Crippen LogP contribution in [0.25, 0.3) is 0 Å². The molecule has 2 rings (SSSR count). The first-order valence-corrected chi connectivity index (χ1v) is 8.42. The van der Waals surface area contributed by atoms with Crippen LogP contribution in [-0.4, -0.2) is 21.6 Å². The monoisotopic (exact) mass is 337 g/mol. The number of non-ortho nitro benzene ring substituents is 1. The Labute approximate surface area is 136 Å². The van der Waals surface area contributed by atoms with E-state index in [1.807, 2.05) is 13.8 Å². The highest BCUT2D eigenvalue weighted by Crippen LogP contribution is 2.26. The fourth-order valence-electron chi connectivity index (χ4n) is 1.82. The molecule has 22 heavy (non-hydrogen) atoms. The number of hydrogen-bond acceptors (Lipinski definition) is 6. The minimum Gasteiger partial charge on any atom is -0.345 e. The van der Waals surface area contributed by atoms with Crippen LogP contribution in [0.15, 0.2) is 29.3 Å². The SMILES string of the molecule is CCSc1ccc([N+](=O)[O-])cc1C(=O)NCc1ncc(C)s1. The van der Waals surface area contributed by atoms with Gasteiger partial charge in [0.1, 0.15) is 5.01 Å². The quantitative estimate of drug-likeness (QED) is 0.496. The predicted molar refractivity (Wildman–Crippen MR) is 87.5 cm³/mol. The topological polar surface area (TPSA) is 85.1 Å². The van der Waals surface area contributed by atoms with Gasteiger partial charge in [-0.1, -0.05) is 6.92 Å². The minimum absolute atomic E-state index is 0.0873. The maximum Gasteiger partial charge on any atom is 0.270 e. The van der Waals surface area contributed by atoms with Crippen molar-refractivity contribution in [2.45, 2.75) is 25.3 Å². The van der Waals surface area contributed by atoms with Crippen molar-refractivity contribution >= 4 is 34.7 Å². The molecule has 2 aromatic rings. The summed E-state index contributed by atoms with van der Waals surface area (Å²) in [6.07, 6.45) is 1.75. The van der Waals surface area contributed by atoms with E-state index in [1.54, 1.807) is 12.3 Å². The van der Waals surface area contributed by atoms with E-state index in [0.717, 1.165) is 20.5 Å². The first-order chi connectivity index (χ1) is 10.5. The van der Waals surface area contributed by atoms with Crippen molar-refractivity contribution in [1.82, 2.24) is 10.3 Å². The summed E-state index contributed by atoms with van der Waals surface area (Å²) < 4.78 is 0. The van der Waals surface area contributed by atoms with E-state index in [-0.39, 0.29) is 11.6 Å². The number of carbonyl (C=O) groups is 1. The Balaban J connectivity index is 2.18. The van der Waals surface area contributed by atoms with Gasteiger partial charge in [0.2, 0.25) is 0 Å². The van der Waals surface area contributed by atoms with Gasteiger partial charge in [0.15, 0.2) is 0 Å². The van der Waals surface area contributed by atoms with Gasteiger partial charge >= 0.3 is 0 Å². The molecular formula is C14H15N3O3S2. The van der Waals surface area contributed by atoms with E-state index in [2.05, 4.69) is 10.3 Å². The molecule has 0 aliphatic carbocycles. The van der Waals surface area contributed by atoms with Gasteiger partial charge in [-0.25, -0.2) is 4.98 Å². The molecule has 1 aromatic heterocycles. The number of nitrogens with one attached hydrogen (secondary N) is 1. The number of thiazole rings is 1. The third-order valence-corrected chi connectivity index (χ3v) is 4.66. The molecule has 1 aromatic carbocycles. The van der Waals surface area contributed by atoms with Crippen molar-refractivity contribution in [2.75, 3.05) is 5.75 Å². The van der Waals surface area contributed by atoms with Crippen molar-refractivity contribution in [3.63, 3.8) is 0 Å². The summed E-state index contributed by atoms with van der Waals surface area (Å²) in [7, 11) is 0. The summed E-state index contributed by atoms with van der Waals surface area (Å²) in [6.45, 7) is 4.22. The molecule has 0 unspecified atom stereocenters. The second kappa shape index (κ2) is 7.37. The Bertz CT molecular complexity index is 700. The van der Waals surface area contributed by atoms with Crippen LogP contribution in [-0.2, 0) is 6.54 Å². The fourth-order valence-corrected chi connectivity index (χ4v) is 3.33. The van der Waals surface area contributed by atoms with Gasteiger partial charge < -0.3 is 5.32 Å². The summed E-state index contributed by atoms with van der Waals surface area (Å²) in [5.74, 6) is 0.455. The molecule has 0 spiro atoms. The number of amides is 1. The van der Waals surface area contributed by atoms with Crippen LogP contribution in [0.3, 0.4) is 0 Å². The molecule has 1 heterocycles. The first-order valence-electron chi connectivity index (χ1n) is 6.62. The van der Waals surface area contributed by atoms with Crippen molar-refractivity contribution in [1.29, 1.82) is 0 Å². The molecule has 0 fully saturated rings. The Morgan fingerprint density at radius 3 is 2.86 bits per heavy atom. The van der Waals surface area contributed by atoms with Gasteiger partial charge in [0.25, 0.3) is 11.6 Å². The van der Waals surface area contributed by atoms with Crippen LogP contribution in [0.1, 0.15) is 27.2 Å². The lowest BCUT2D eigenvalue weighted by Crippen LogP contribution is -2.23. The molecule has 0 radical (unpaired) electrons. The number of nitro groups is 1. The third-order valence-electron chi connectivity index (χ3n) is 2.79. The summed E-state index contributed by atoms with van der Waals surface area (Å²) in [5.41, 5.74) is 0.241. The van der Waals surface area contributed by atoms with Gasteiger partial charge in [-0.2, -0.15) is 0 Å². The Morgan fingerprint density at radius 2 is 2.27 bits per heavy atom. The Morgan fingerprint density at radius 1 is 1.50 bits per heavy atom. The molecular weight excluding hydrogens is 322 g/mol. The lowest BCUT2D eigenvalue weighted by atomic mass is 10.2. The van der Waals surface area contributed by atoms with Gasteiger partial charge in [-0.3, -0.25) is 14.9 Å². The van der Waals surface area contributed by atoms with Gasteiger partial charge in [0, 0.05) is 28.1 Å². The zero-order valence-corrected chi connectivity index (χ0v) is 13.8. The van der Waals surface area contributed by atoms with Crippen molar-refractivity contribution in [3.8, 4) is 0 Å². The molecule has 116 valence electrons. The zero-order valence-electron chi connectivity index (χ0n) is 12.2. The van der Waals surface area contributed by atoms with Crippen molar-refractivity contribution in [3.05, 3.63) is 50.0 Å². The summed E-state index contributed by atoms with van der Waals surface area (Å²) in [5, 5.41) is 14.5. The van der Waals surface area contributed by atoms with E-state index < -0.39 is 4.92 Å². The average Bonchev–Trinajstić information content (AvgIpc) is 2.91. The minimum atomic E-state index is -0.499. The molecule has 0 saturated carbocycles. The number of benzene rings is 1. The normalized spacial score (nSPS) is 10.5. The van der Waals surface area contributed by atoms with Crippen LogP contribution in [0.4, 0.5) is 5.69 Å². The molecule has 1 N–H and O–H groups in total. The molecule has 6 nitrogen and oxygen atoms in total. The summed E-state index contributed by atoms with van der Waals surface area (Å²) in [4.78, 5) is 28.7. The fraction of sp³-hybridized carbons (Fsp3) is 0.286. The predicted octanol–water partition coefficient (Wildman–Crippen LogP) is 3.40. The molecule has 0 atom stereocenters. The maximum absolute atomic E-state index is 12.3. The van der Waals surface area contributed by atoms with Crippen LogP contribution >= 0.6 is 23.1 Å². The lowest BCUT2D eigenvalue weighted by molar-refractivity contribution is -0.384. The van der Waals surface area contributed by atoms with E-state index in [9.17, 15) is 14.9 Å². The molecule has 1 amide bonds. The molecule has 0 aliphatic heterocycles. The van der Waals surface area contributed by atoms with Crippen LogP contribution in [0.2, 0.25) is 0 Å². The highest BCUT2D eigenvalue weighted by atomic mass is 32.2. The van der Waals surface area contributed by atoms with E-state index in [1.165, 1.54) is 35.2 Å². The van der Waals surface area contributed by atoms with Gasteiger partial charge in [0.05, 0.1) is 17.0 Å². The number of aryl methyl sites for hydroxylation is 1. The van der Waals surface area contributed by atoms with Crippen molar-refractivity contribution in [2.24, 2.45) is 0 Å². The Kier molecular flexibility index (Phi) is 5.51. The lowest BCUT2D eigenvalue weighted by Gasteiger charge is -2.08. The second-order valence-electron chi connectivity index (χ2n) is 4.42. The summed E-state index contributed by atoms with van der Waals surface area (Å²) >= 11 is 2.99. The smallest absolute Gasteiger partial charge is 0.270 e. The summed E-state index contributed by atoms with van der Waals surface area (Å²) in [6, 6.07) is 4.36. The number of nitro benzene ring substituents is 1. The second-order valence-corrected chi connectivity index (χ2v) is 7.04. The average molecular weight is 337 g/mol. The highest BCUT2D eigenvalue weighted by molar-refractivity contribution is 7.99. The van der Waals surface area contributed by atoms with Crippen LogP contribution in [0.5, 0.6) is 0 Å². The Hall–Kier alpha value is -1.93. The standard InChI is InChI=1S/C14H15N3O3S2/c1-3-21-12-5-4-10(17(19)20)6-11(12)14(18)16-8-13-15-7-9(2)22-13/h4-7H,3,8H2,1-2H3,(H,16,18). The maximum atomic E-state index is 12.3. The van der Waals surface area contributed by atoms with Crippen LogP contribution in [0, 0.1) is 17.0 Å². The van der Waals surface area contributed by atoms with Gasteiger partial charge in [-0.15, -0.1) is 23.1 Å². The number of aromatic nitrogens is 1. The number of thioether (sulfide) groups is 1. The van der Waals surface area contributed by atoms with E-state index in [4.69, 9.17) is 0 Å². The van der Waals surface area contributed by atoms with E-state index >= 15 is 0 Å². The van der Waals surface area contributed by atoms with Crippen LogP contribution < -0.4 is 5.32 Å².